The molecule has 1 aromatic carbocycles. The minimum Gasteiger partial charge on any atom is -0.493 e. The van der Waals surface area contributed by atoms with Crippen LogP contribution in [0.2, 0.25) is 0 Å². The van der Waals surface area contributed by atoms with Crippen LogP contribution in [0.1, 0.15) is 11.1 Å². The fourth-order valence-corrected chi connectivity index (χ4v) is 2.03. The first-order valence-corrected chi connectivity index (χ1v) is 6.41. The third kappa shape index (κ3) is 2.73. The highest BCUT2D eigenvalue weighted by atomic mass is 79.9. The van der Waals surface area contributed by atoms with Crippen molar-refractivity contribution < 1.29 is 4.74 Å². The van der Waals surface area contributed by atoms with E-state index in [1.54, 1.807) is 0 Å². The van der Waals surface area contributed by atoms with Gasteiger partial charge in [0.15, 0.2) is 0 Å². The molecule has 0 N–H and O–H groups in total. The van der Waals surface area contributed by atoms with E-state index >= 15 is 0 Å². The van der Waals surface area contributed by atoms with Crippen LogP contribution in [0.25, 0.3) is 0 Å². The lowest BCUT2D eigenvalue weighted by Gasteiger charge is -2.12. The van der Waals surface area contributed by atoms with Crippen LogP contribution >= 0.6 is 15.9 Å². The standard InChI is InChI=1S/C12H16BrNO/c1-14(9-13)6-4-10-2-3-12-11(8-10)5-7-15-12/h2-3,8H,4-7,9H2,1H3. The number of rotatable bonds is 4. The molecule has 0 aliphatic carbocycles. The number of hydrogen-bond acceptors (Lipinski definition) is 2. The molecule has 0 atom stereocenters. The minimum absolute atomic E-state index is 0.847. The summed E-state index contributed by atoms with van der Waals surface area (Å²) in [5.74, 6) is 1.08. The van der Waals surface area contributed by atoms with Crippen LogP contribution in [0, 0.1) is 0 Å². The number of nitrogens with zero attached hydrogens (tertiary/aromatic N) is 1. The van der Waals surface area contributed by atoms with Crippen molar-refractivity contribution in [3.63, 3.8) is 0 Å². The molecular weight excluding hydrogens is 254 g/mol. The Hall–Kier alpha value is -0.540. The van der Waals surface area contributed by atoms with Gasteiger partial charge >= 0.3 is 0 Å². The van der Waals surface area contributed by atoms with E-state index in [4.69, 9.17) is 4.74 Å². The van der Waals surface area contributed by atoms with Gasteiger partial charge in [0.25, 0.3) is 0 Å². The Balaban J connectivity index is 1.98. The van der Waals surface area contributed by atoms with Gasteiger partial charge in [-0.3, -0.25) is 4.90 Å². The molecule has 0 radical (unpaired) electrons. The van der Waals surface area contributed by atoms with Crippen molar-refractivity contribution in [2.75, 3.05) is 25.7 Å². The molecule has 0 unspecified atom stereocenters. The Morgan fingerprint density at radius 2 is 2.33 bits per heavy atom. The van der Waals surface area contributed by atoms with Gasteiger partial charge in [-0.05, 0) is 30.7 Å². The second kappa shape index (κ2) is 4.99. The summed E-state index contributed by atoms with van der Waals surface area (Å²) in [5, 5.41) is 0. The predicted octanol–water partition coefficient (Wildman–Crippen LogP) is 2.45. The molecule has 3 heteroatoms. The molecular formula is C12H16BrNO. The highest BCUT2D eigenvalue weighted by molar-refractivity contribution is 9.09. The van der Waals surface area contributed by atoms with Gasteiger partial charge < -0.3 is 4.74 Å². The topological polar surface area (TPSA) is 12.5 Å². The van der Waals surface area contributed by atoms with Gasteiger partial charge in [0, 0.05) is 13.0 Å². The van der Waals surface area contributed by atoms with Crippen LogP contribution in [0.3, 0.4) is 0 Å². The molecule has 0 amide bonds. The smallest absolute Gasteiger partial charge is 0.122 e. The van der Waals surface area contributed by atoms with E-state index in [-0.39, 0.29) is 0 Å². The first-order chi connectivity index (χ1) is 7.29. The summed E-state index contributed by atoms with van der Waals surface area (Å²) in [5.41, 5.74) is 3.71. The van der Waals surface area contributed by atoms with E-state index in [9.17, 15) is 0 Å². The Kier molecular flexibility index (Phi) is 3.65. The summed E-state index contributed by atoms with van der Waals surface area (Å²) in [6.45, 7) is 1.94. The number of benzene rings is 1. The molecule has 2 rings (SSSR count). The lowest BCUT2D eigenvalue weighted by Crippen LogP contribution is -2.18. The van der Waals surface area contributed by atoms with Crippen molar-refractivity contribution in [1.29, 1.82) is 0 Å². The van der Waals surface area contributed by atoms with E-state index in [2.05, 4.69) is 46.1 Å². The fourth-order valence-electron chi connectivity index (χ4n) is 1.78. The molecule has 0 spiro atoms. The summed E-state index contributed by atoms with van der Waals surface area (Å²) in [6.07, 6.45) is 2.17. The minimum atomic E-state index is 0.847. The largest absolute Gasteiger partial charge is 0.493 e. The zero-order valence-corrected chi connectivity index (χ0v) is 10.6. The molecule has 0 bridgehead atoms. The third-order valence-corrected chi connectivity index (χ3v) is 3.60. The summed E-state index contributed by atoms with van der Waals surface area (Å²) in [6, 6.07) is 6.56. The van der Waals surface area contributed by atoms with Crippen LogP contribution in [0.15, 0.2) is 18.2 Å². The van der Waals surface area contributed by atoms with Crippen molar-refractivity contribution in [1.82, 2.24) is 4.90 Å². The molecule has 1 aromatic rings. The lowest BCUT2D eigenvalue weighted by molar-refractivity contribution is 0.356. The van der Waals surface area contributed by atoms with Crippen LogP contribution < -0.4 is 4.74 Å². The first-order valence-electron chi connectivity index (χ1n) is 5.28. The molecule has 2 nitrogen and oxygen atoms in total. The molecule has 82 valence electrons. The summed E-state index contributed by atoms with van der Waals surface area (Å²) in [4.78, 5) is 2.25. The number of likely N-dealkylation sites (N-methyl/N-ethyl adjacent to an activating group) is 1. The normalized spacial score (nSPS) is 14.1. The molecule has 0 saturated carbocycles. The van der Waals surface area contributed by atoms with E-state index < -0.39 is 0 Å². The van der Waals surface area contributed by atoms with E-state index in [1.807, 2.05) is 0 Å². The zero-order chi connectivity index (χ0) is 10.7. The Bertz CT molecular complexity index is 340. The third-order valence-electron chi connectivity index (χ3n) is 2.74. The lowest BCUT2D eigenvalue weighted by atomic mass is 10.1. The quantitative estimate of drug-likeness (QED) is 0.615. The summed E-state index contributed by atoms with van der Waals surface area (Å²) >= 11 is 3.44. The van der Waals surface area contributed by atoms with Crippen LogP contribution in [0.5, 0.6) is 5.75 Å². The molecule has 15 heavy (non-hydrogen) atoms. The van der Waals surface area contributed by atoms with Gasteiger partial charge in [-0.2, -0.15) is 0 Å². The number of alkyl halides is 1. The van der Waals surface area contributed by atoms with Gasteiger partial charge in [0.1, 0.15) is 5.75 Å². The van der Waals surface area contributed by atoms with Crippen molar-refractivity contribution in [2.24, 2.45) is 0 Å². The average Bonchev–Trinajstić information content (AvgIpc) is 2.72. The van der Waals surface area contributed by atoms with Crippen LogP contribution in [0.4, 0.5) is 0 Å². The Morgan fingerprint density at radius 1 is 1.47 bits per heavy atom. The second-order valence-electron chi connectivity index (χ2n) is 3.99. The maximum absolute atomic E-state index is 5.48. The van der Waals surface area contributed by atoms with Gasteiger partial charge in [-0.1, -0.05) is 28.1 Å². The van der Waals surface area contributed by atoms with E-state index in [0.717, 1.165) is 37.2 Å². The van der Waals surface area contributed by atoms with Crippen molar-refractivity contribution in [2.45, 2.75) is 12.8 Å². The molecule has 0 saturated heterocycles. The summed E-state index contributed by atoms with van der Waals surface area (Å²) < 4.78 is 5.48. The van der Waals surface area contributed by atoms with Gasteiger partial charge in [-0.15, -0.1) is 0 Å². The predicted molar refractivity (Wildman–Crippen MR) is 65.8 cm³/mol. The van der Waals surface area contributed by atoms with Crippen LogP contribution in [-0.2, 0) is 12.8 Å². The maximum atomic E-state index is 5.48. The van der Waals surface area contributed by atoms with E-state index in [1.165, 1.54) is 11.1 Å². The Labute approximate surface area is 99.4 Å². The number of fused-ring (bicyclic) bond motifs is 1. The van der Waals surface area contributed by atoms with Crippen molar-refractivity contribution in [3.8, 4) is 5.75 Å². The highest BCUT2D eigenvalue weighted by Gasteiger charge is 2.11. The monoisotopic (exact) mass is 269 g/mol. The SMILES string of the molecule is CN(CBr)CCc1ccc2c(c1)CCO2. The average molecular weight is 270 g/mol. The zero-order valence-electron chi connectivity index (χ0n) is 9.00. The van der Waals surface area contributed by atoms with E-state index in [0.29, 0.717) is 0 Å². The van der Waals surface area contributed by atoms with Gasteiger partial charge in [0.05, 0.1) is 12.1 Å². The highest BCUT2D eigenvalue weighted by Crippen LogP contribution is 2.25. The molecule has 0 aromatic heterocycles. The maximum Gasteiger partial charge on any atom is 0.122 e. The summed E-state index contributed by atoms with van der Waals surface area (Å²) in [7, 11) is 2.12. The number of ether oxygens (including phenoxy) is 1. The number of hydrogen-bond donors (Lipinski definition) is 0. The molecule has 1 aliphatic heterocycles. The van der Waals surface area contributed by atoms with Gasteiger partial charge in [-0.25, -0.2) is 0 Å². The van der Waals surface area contributed by atoms with Crippen molar-refractivity contribution >= 4 is 15.9 Å². The first kappa shape index (κ1) is 11.0. The molecule has 1 heterocycles. The second-order valence-corrected chi connectivity index (χ2v) is 4.49. The molecule has 1 aliphatic rings. The Morgan fingerprint density at radius 3 is 3.13 bits per heavy atom. The molecule has 0 fully saturated rings. The number of halogens is 1. The fraction of sp³-hybridized carbons (Fsp3) is 0.500. The van der Waals surface area contributed by atoms with Crippen molar-refractivity contribution in [3.05, 3.63) is 29.3 Å². The van der Waals surface area contributed by atoms with Crippen LogP contribution in [-0.4, -0.2) is 30.6 Å². The van der Waals surface area contributed by atoms with Gasteiger partial charge in [0.2, 0.25) is 0 Å².